The van der Waals surface area contributed by atoms with Gasteiger partial charge in [-0.1, -0.05) is 6.07 Å². The Kier molecular flexibility index (Phi) is 3.22. The van der Waals surface area contributed by atoms with Crippen LogP contribution in [0.15, 0.2) is 42.7 Å². The molecular formula is C17H16N4O2. The van der Waals surface area contributed by atoms with Crippen LogP contribution in [0.5, 0.6) is 5.88 Å². The molecule has 0 unspecified atom stereocenters. The molecule has 1 amide bonds. The second-order valence-electron chi connectivity index (χ2n) is 5.70. The molecule has 0 spiro atoms. The summed E-state index contributed by atoms with van der Waals surface area (Å²) in [7, 11) is 0. The highest BCUT2D eigenvalue weighted by atomic mass is 16.5. The zero-order valence-electron chi connectivity index (χ0n) is 12.7. The first-order valence-corrected chi connectivity index (χ1v) is 7.52. The molecule has 6 nitrogen and oxygen atoms in total. The first-order chi connectivity index (χ1) is 11.2. The Morgan fingerprint density at radius 1 is 1.30 bits per heavy atom. The van der Waals surface area contributed by atoms with E-state index >= 15 is 0 Å². The van der Waals surface area contributed by atoms with E-state index in [1.54, 1.807) is 11.2 Å². The highest BCUT2D eigenvalue weighted by Gasteiger charge is 2.33. The normalized spacial score (nSPS) is 14.7. The van der Waals surface area contributed by atoms with Gasteiger partial charge in [0.2, 0.25) is 5.88 Å². The number of rotatable bonds is 3. The maximum absolute atomic E-state index is 12.5. The van der Waals surface area contributed by atoms with Gasteiger partial charge in [0, 0.05) is 17.3 Å². The smallest absolute Gasteiger partial charge is 0.254 e. The summed E-state index contributed by atoms with van der Waals surface area (Å²) in [5, 5.41) is 0. The number of nitrogens with one attached hydrogen (secondary N) is 1. The molecule has 1 fully saturated rings. The Labute approximate surface area is 133 Å². The van der Waals surface area contributed by atoms with Crippen LogP contribution < -0.4 is 4.74 Å². The van der Waals surface area contributed by atoms with Crippen molar-refractivity contribution in [3.05, 3.63) is 54.0 Å². The standard InChI is InChI=1S/C17H16N4O2/c1-11-3-2-4-16(20-11)23-13-8-21(9-13)17(22)12-5-6-14-15(7-12)19-10-18-14/h2-7,10,13H,8-9H2,1H3,(H,18,19). The number of nitrogens with zero attached hydrogens (tertiary/aromatic N) is 3. The Hall–Kier alpha value is -2.89. The van der Waals surface area contributed by atoms with Crippen molar-refractivity contribution in [1.29, 1.82) is 0 Å². The minimum atomic E-state index is 0.00383. The van der Waals surface area contributed by atoms with Crippen LogP contribution in [0, 0.1) is 6.92 Å². The molecule has 0 aliphatic carbocycles. The molecule has 0 atom stereocenters. The van der Waals surface area contributed by atoms with Crippen LogP contribution in [0.4, 0.5) is 0 Å². The van der Waals surface area contributed by atoms with E-state index in [-0.39, 0.29) is 12.0 Å². The van der Waals surface area contributed by atoms with E-state index in [0.29, 0.717) is 24.5 Å². The molecule has 3 aromatic rings. The molecule has 1 N–H and O–H groups in total. The number of fused-ring (bicyclic) bond motifs is 1. The van der Waals surface area contributed by atoms with E-state index in [1.807, 2.05) is 43.3 Å². The maximum atomic E-state index is 12.5. The summed E-state index contributed by atoms with van der Waals surface area (Å²) < 4.78 is 5.78. The zero-order chi connectivity index (χ0) is 15.8. The average Bonchev–Trinajstić information content (AvgIpc) is 2.97. The number of aryl methyl sites for hydroxylation is 1. The summed E-state index contributed by atoms with van der Waals surface area (Å²) in [6.45, 7) is 3.08. The SMILES string of the molecule is Cc1cccc(OC2CN(C(=O)c3ccc4nc[nH]c4c3)C2)n1. The lowest BCUT2D eigenvalue weighted by atomic mass is 10.1. The number of imidazole rings is 1. The minimum absolute atomic E-state index is 0.00383. The second kappa shape index (κ2) is 5.39. The van der Waals surface area contributed by atoms with E-state index in [1.165, 1.54) is 0 Å². The van der Waals surface area contributed by atoms with Gasteiger partial charge < -0.3 is 14.6 Å². The molecule has 1 aliphatic heterocycles. The van der Waals surface area contributed by atoms with Gasteiger partial charge in [0.05, 0.1) is 30.5 Å². The molecule has 1 aliphatic rings. The highest BCUT2D eigenvalue weighted by molar-refractivity contribution is 5.97. The summed E-state index contributed by atoms with van der Waals surface area (Å²) in [5.41, 5.74) is 3.31. The quantitative estimate of drug-likeness (QED) is 0.805. The van der Waals surface area contributed by atoms with Crippen LogP contribution in [0.25, 0.3) is 11.0 Å². The molecule has 116 valence electrons. The van der Waals surface area contributed by atoms with Crippen LogP contribution in [0.3, 0.4) is 0 Å². The number of aromatic nitrogens is 3. The molecule has 0 bridgehead atoms. The molecule has 23 heavy (non-hydrogen) atoms. The van der Waals surface area contributed by atoms with Crippen molar-refractivity contribution < 1.29 is 9.53 Å². The number of aromatic amines is 1. The fourth-order valence-electron chi connectivity index (χ4n) is 2.68. The van der Waals surface area contributed by atoms with Crippen molar-refractivity contribution in [1.82, 2.24) is 19.9 Å². The minimum Gasteiger partial charge on any atom is -0.471 e. The predicted molar refractivity (Wildman–Crippen MR) is 85.4 cm³/mol. The van der Waals surface area contributed by atoms with Gasteiger partial charge in [0.1, 0.15) is 6.10 Å². The van der Waals surface area contributed by atoms with Gasteiger partial charge >= 0.3 is 0 Å². The Bertz CT molecular complexity index is 868. The fourth-order valence-corrected chi connectivity index (χ4v) is 2.68. The monoisotopic (exact) mass is 308 g/mol. The number of benzene rings is 1. The number of ether oxygens (including phenoxy) is 1. The summed E-state index contributed by atoms with van der Waals surface area (Å²) in [6.07, 6.45) is 1.63. The molecule has 0 saturated carbocycles. The van der Waals surface area contributed by atoms with E-state index in [9.17, 15) is 4.79 Å². The summed E-state index contributed by atoms with van der Waals surface area (Å²) in [6, 6.07) is 11.2. The van der Waals surface area contributed by atoms with Gasteiger partial charge in [0.15, 0.2) is 0 Å². The lowest BCUT2D eigenvalue weighted by Crippen LogP contribution is -2.56. The summed E-state index contributed by atoms with van der Waals surface area (Å²) in [5.74, 6) is 0.625. The van der Waals surface area contributed by atoms with Crippen molar-refractivity contribution in [3.8, 4) is 5.88 Å². The van der Waals surface area contributed by atoms with E-state index in [0.717, 1.165) is 16.7 Å². The number of carbonyl (C=O) groups is 1. The van der Waals surface area contributed by atoms with Crippen molar-refractivity contribution in [2.45, 2.75) is 13.0 Å². The van der Waals surface area contributed by atoms with Crippen molar-refractivity contribution in [2.75, 3.05) is 13.1 Å². The van der Waals surface area contributed by atoms with Crippen LogP contribution in [0.1, 0.15) is 16.1 Å². The first-order valence-electron chi connectivity index (χ1n) is 7.52. The number of carbonyl (C=O) groups excluding carboxylic acids is 1. The third-order valence-corrected chi connectivity index (χ3v) is 3.95. The van der Waals surface area contributed by atoms with E-state index < -0.39 is 0 Å². The third-order valence-electron chi connectivity index (χ3n) is 3.95. The lowest BCUT2D eigenvalue weighted by molar-refractivity contribution is 0.0159. The number of hydrogen-bond donors (Lipinski definition) is 1. The molecule has 4 rings (SSSR count). The Morgan fingerprint density at radius 2 is 2.17 bits per heavy atom. The van der Waals surface area contributed by atoms with Gasteiger partial charge in [-0.05, 0) is 31.2 Å². The van der Waals surface area contributed by atoms with Gasteiger partial charge in [0.25, 0.3) is 5.91 Å². The van der Waals surface area contributed by atoms with Crippen molar-refractivity contribution in [2.24, 2.45) is 0 Å². The number of H-pyrrole nitrogens is 1. The van der Waals surface area contributed by atoms with Gasteiger partial charge in [-0.3, -0.25) is 4.79 Å². The Balaban J connectivity index is 1.40. The molecule has 2 aromatic heterocycles. The van der Waals surface area contributed by atoms with Crippen LogP contribution >= 0.6 is 0 Å². The largest absolute Gasteiger partial charge is 0.471 e. The molecule has 1 saturated heterocycles. The maximum Gasteiger partial charge on any atom is 0.254 e. The van der Waals surface area contributed by atoms with Crippen LogP contribution in [-0.2, 0) is 0 Å². The van der Waals surface area contributed by atoms with Crippen LogP contribution in [0.2, 0.25) is 0 Å². The number of pyridine rings is 1. The highest BCUT2D eigenvalue weighted by Crippen LogP contribution is 2.20. The second-order valence-corrected chi connectivity index (χ2v) is 5.70. The molecular weight excluding hydrogens is 292 g/mol. The van der Waals surface area contributed by atoms with E-state index in [4.69, 9.17) is 4.74 Å². The summed E-state index contributed by atoms with van der Waals surface area (Å²) in [4.78, 5) is 25.7. The number of amides is 1. The van der Waals surface area contributed by atoms with Gasteiger partial charge in [-0.25, -0.2) is 9.97 Å². The van der Waals surface area contributed by atoms with E-state index in [2.05, 4.69) is 15.0 Å². The Morgan fingerprint density at radius 3 is 3.00 bits per heavy atom. The van der Waals surface area contributed by atoms with Crippen molar-refractivity contribution >= 4 is 16.9 Å². The molecule has 1 aromatic carbocycles. The third kappa shape index (κ3) is 2.63. The fraction of sp³-hybridized carbons (Fsp3) is 0.235. The van der Waals surface area contributed by atoms with Crippen molar-refractivity contribution in [3.63, 3.8) is 0 Å². The molecule has 6 heteroatoms. The van der Waals surface area contributed by atoms with Crippen LogP contribution in [-0.4, -0.2) is 45.0 Å². The van der Waals surface area contributed by atoms with Gasteiger partial charge in [-0.2, -0.15) is 0 Å². The predicted octanol–water partition coefficient (Wildman–Crippen LogP) is 2.17. The zero-order valence-corrected chi connectivity index (χ0v) is 12.7. The topological polar surface area (TPSA) is 71.1 Å². The van der Waals surface area contributed by atoms with Gasteiger partial charge in [-0.15, -0.1) is 0 Å². The average molecular weight is 308 g/mol. The molecule has 3 heterocycles. The summed E-state index contributed by atoms with van der Waals surface area (Å²) >= 11 is 0. The number of hydrogen-bond acceptors (Lipinski definition) is 4. The number of likely N-dealkylation sites (tertiary alicyclic amines) is 1. The first kappa shape index (κ1) is 13.8. The molecule has 0 radical (unpaired) electrons. The lowest BCUT2D eigenvalue weighted by Gasteiger charge is -2.38.